The van der Waals surface area contributed by atoms with Crippen molar-refractivity contribution < 1.29 is 17.9 Å². The Morgan fingerprint density at radius 3 is 0.625 bits per heavy atom. The van der Waals surface area contributed by atoms with Gasteiger partial charge in [-0.2, -0.15) is 0 Å². The van der Waals surface area contributed by atoms with Crippen molar-refractivity contribution in [1.29, 1.82) is 0 Å². The van der Waals surface area contributed by atoms with Crippen LogP contribution in [0.5, 0.6) is 0 Å². The summed E-state index contributed by atoms with van der Waals surface area (Å²) in [6.45, 7) is 0. The molecule has 0 bridgehead atoms. The SMILES string of the molecule is OB(O)c1ccccc1.[F][Bi]([F])([c]1ccccc1)([c]1ccccc1)[c]1ccccc1.[F][Bi]([c]1ccccc1)([c]1ccccc1)([c]1ccccc1)[c]1ccccc1. The van der Waals surface area contributed by atoms with Gasteiger partial charge in [0.15, 0.2) is 0 Å². The molecule has 8 aromatic carbocycles. The zero-order valence-corrected chi connectivity index (χ0v) is 37.5. The molecule has 8 aromatic rings. The summed E-state index contributed by atoms with van der Waals surface area (Å²) in [6, 6.07) is 72.5. The molecule has 8 rings (SSSR count). The molecule has 2 nitrogen and oxygen atoms in total. The molecule has 56 heavy (non-hydrogen) atoms. The van der Waals surface area contributed by atoms with Crippen molar-refractivity contribution >= 4 is 74.9 Å². The Balaban J connectivity index is 0.000000158. The van der Waals surface area contributed by atoms with E-state index in [0.29, 0.717) is 5.46 Å². The normalized spacial score (nSPS) is 12.4. The van der Waals surface area contributed by atoms with Crippen molar-refractivity contribution in [1.82, 2.24) is 0 Å². The second-order valence-electron chi connectivity index (χ2n) is 13.0. The topological polar surface area (TPSA) is 40.5 Å². The quantitative estimate of drug-likeness (QED) is 0.187. The Bertz CT molecular complexity index is 2110. The van der Waals surface area contributed by atoms with Gasteiger partial charge in [-0.3, -0.25) is 0 Å². The van der Waals surface area contributed by atoms with Crippen LogP contribution in [0.4, 0.5) is 7.88 Å². The molecule has 0 fully saturated rings. The van der Waals surface area contributed by atoms with Gasteiger partial charge in [0.25, 0.3) is 0 Å². The maximum atomic E-state index is 18.3. The summed E-state index contributed by atoms with van der Waals surface area (Å²) in [4.78, 5) is 0. The molecule has 0 atom stereocenters. The van der Waals surface area contributed by atoms with Crippen LogP contribution in [0.15, 0.2) is 243 Å². The summed E-state index contributed by atoms with van der Waals surface area (Å²) < 4.78 is 54.5. The first kappa shape index (κ1) is 40.9. The minimum absolute atomic E-state index is 0.181. The first-order valence-corrected chi connectivity index (χ1v) is 34.3. The van der Waals surface area contributed by atoms with E-state index in [0.717, 1.165) is 13.1 Å². The number of rotatable bonds is 8. The van der Waals surface area contributed by atoms with Gasteiger partial charge >= 0.3 is 290 Å². The van der Waals surface area contributed by atoms with Crippen LogP contribution in [-0.2, 0) is 0 Å². The summed E-state index contributed by atoms with van der Waals surface area (Å²) in [6.07, 6.45) is 0. The van der Waals surface area contributed by atoms with Crippen LogP contribution in [0.2, 0.25) is 0 Å². The third-order valence-electron chi connectivity index (χ3n) is 9.69. The number of hydrogen-bond acceptors (Lipinski definition) is 2. The van der Waals surface area contributed by atoms with E-state index in [1.165, 1.54) is 0 Å². The van der Waals surface area contributed by atoms with Crippen molar-refractivity contribution in [2.45, 2.75) is 0 Å². The van der Waals surface area contributed by atoms with Gasteiger partial charge < -0.3 is 10.0 Å². The average molecular weight is 1140 g/mol. The average Bonchev–Trinajstić information content (AvgIpc) is 3.29. The molecule has 0 radical (unpaired) electrons. The van der Waals surface area contributed by atoms with Gasteiger partial charge in [-0.1, -0.05) is 30.3 Å². The molecular formula is C48H42BBi2F3O2. The predicted molar refractivity (Wildman–Crippen MR) is 234 cm³/mol. The molecule has 0 aliphatic carbocycles. The molecule has 280 valence electrons. The van der Waals surface area contributed by atoms with Gasteiger partial charge in [0.05, 0.1) is 0 Å². The molecule has 2 N–H and O–H groups in total. The Kier molecular flexibility index (Phi) is 13.2. The number of benzene rings is 8. The summed E-state index contributed by atoms with van der Waals surface area (Å²) >= 11 is -12.1. The Hall–Kier alpha value is -4.70. The molecule has 0 amide bonds. The molecule has 0 saturated heterocycles. The Labute approximate surface area is 332 Å². The van der Waals surface area contributed by atoms with Crippen LogP contribution in [0.1, 0.15) is 0 Å². The molecule has 0 aliphatic heterocycles. The van der Waals surface area contributed by atoms with Crippen molar-refractivity contribution in [2.24, 2.45) is 0 Å². The van der Waals surface area contributed by atoms with E-state index in [9.17, 15) is 0 Å². The summed E-state index contributed by atoms with van der Waals surface area (Å²) in [5.41, 5.74) is 0.525. The second-order valence-corrected chi connectivity index (χ2v) is 42.0. The standard InChI is InChI=1S/C6H7BO2.7C6H5.2Bi.3FH/c8-7(9)6-4-2-1-3-5-6;7*1-2-4-6-5-3-1;;;;;/h1-5,8-9H;7*1-5H;;;3*1H/q;;;;;;;;+1;+2;;;/p-3. The van der Waals surface area contributed by atoms with Gasteiger partial charge in [-0.25, -0.2) is 0 Å². The van der Waals surface area contributed by atoms with Crippen LogP contribution in [0.3, 0.4) is 0 Å². The third-order valence-corrected chi connectivity index (χ3v) is 43.5. The summed E-state index contributed by atoms with van der Waals surface area (Å²) in [5.74, 6) is 0. The fourth-order valence-corrected chi connectivity index (χ4v) is 36.8. The maximum absolute atomic E-state index is 18.3. The predicted octanol–water partition coefficient (Wildman–Crippen LogP) is 5.89. The fraction of sp³-hybridized carbons (Fsp3) is 0. The van der Waals surface area contributed by atoms with Crippen LogP contribution >= 0.6 is 0 Å². The summed E-state index contributed by atoms with van der Waals surface area (Å²) in [5, 5.41) is 17.2. The van der Waals surface area contributed by atoms with Gasteiger partial charge in [0.2, 0.25) is 0 Å². The van der Waals surface area contributed by atoms with Crippen LogP contribution in [0.25, 0.3) is 0 Å². The zero-order chi connectivity index (χ0) is 39.4. The van der Waals surface area contributed by atoms with E-state index in [1.807, 2.05) is 127 Å². The van der Waals surface area contributed by atoms with E-state index in [-0.39, 0.29) is 9.81 Å². The second kappa shape index (κ2) is 18.1. The molecule has 0 aromatic heterocycles. The van der Waals surface area contributed by atoms with E-state index in [4.69, 9.17) is 10.0 Å². The van der Waals surface area contributed by atoms with Crippen LogP contribution in [0, 0.1) is 0 Å². The first-order valence-electron chi connectivity index (χ1n) is 18.2. The van der Waals surface area contributed by atoms with Crippen molar-refractivity contribution in [3.63, 3.8) is 0 Å². The molecule has 0 saturated carbocycles. The van der Waals surface area contributed by atoms with Crippen molar-refractivity contribution in [3.8, 4) is 0 Å². The Morgan fingerprint density at radius 2 is 0.446 bits per heavy atom. The van der Waals surface area contributed by atoms with Gasteiger partial charge in [-0.05, 0) is 5.46 Å². The van der Waals surface area contributed by atoms with E-state index >= 15 is 7.88 Å². The monoisotopic (exact) mass is 1140 g/mol. The van der Waals surface area contributed by atoms with Crippen LogP contribution in [-0.4, -0.2) is 56.6 Å². The van der Waals surface area contributed by atoms with Crippen molar-refractivity contribution in [3.05, 3.63) is 243 Å². The van der Waals surface area contributed by atoms with Gasteiger partial charge in [0, 0.05) is 0 Å². The molecule has 0 aliphatic rings. The van der Waals surface area contributed by atoms with Gasteiger partial charge in [0.1, 0.15) is 0 Å². The first-order chi connectivity index (χ1) is 27.2. The fourth-order valence-electron chi connectivity index (χ4n) is 6.87. The number of hydrogen-bond donors (Lipinski definition) is 2. The van der Waals surface area contributed by atoms with Gasteiger partial charge in [-0.15, -0.1) is 0 Å². The van der Waals surface area contributed by atoms with E-state index in [1.54, 1.807) is 115 Å². The molecule has 8 heteroatoms. The molecule has 0 heterocycles. The zero-order valence-electron chi connectivity index (χ0n) is 30.6. The molecular weight excluding hydrogens is 1090 g/mol. The third kappa shape index (κ3) is 8.08. The van der Waals surface area contributed by atoms with E-state index < -0.39 is 46.5 Å². The molecule has 0 spiro atoms. The van der Waals surface area contributed by atoms with Crippen LogP contribution < -0.4 is 28.4 Å². The van der Waals surface area contributed by atoms with E-state index in [2.05, 4.69) is 0 Å². The molecule has 0 unspecified atom stereocenters. The minimum atomic E-state index is -6.51. The Morgan fingerprint density at radius 1 is 0.268 bits per heavy atom. The van der Waals surface area contributed by atoms with Crippen molar-refractivity contribution in [2.75, 3.05) is 0 Å². The summed E-state index contributed by atoms with van der Waals surface area (Å²) in [7, 11) is -1.34. The number of halogens is 3.